The van der Waals surface area contributed by atoms with Gasteiger partial charge in [0, 0.05) is 19.4 Å². The monoisotopic (exact) mass is 1210 g/mol. The number of carbonyl (C=O) groups excluding carboxylic acids is 2. The van der Waals surface area contributed by atoms with Crippen LogP contribution in [0.15, 0.2) is 109 Å². The van der Waals surface area contributed by atoms with Crippen molar-refractivity contribution in [2.75, 3.05) is 26.4 Å². The molecule has 0 rings (SSSR count). The third-order valence-electron chi connectivity index (χ3n) is 15.2. The van der Waals surface area contributed by atoms with Crippen molar-refractivity contribution in [1.29, 1.82) is 0 Å². The van der Waals surface area contributed by atoms with Crippen LogP contribution in [0.5, 0.6) is 0 Å². The first-order valence-electron chi connectivity index (χ1n) is 35.4. The van der Waals surface area contributed by atoms with Crippen LogP contribution in [0.25, 0.3) is 0 Å². The molecule has 9 nitrogen and oxygen atoms in total. The van der Waals surface area contributed by atoms with Gasteiger partial charge in [-0.15, -0.1) is 0 Å². The first kappa shape index (κ1) is 81.7. The molecule has 0 aromatic rings. The number of nitrogens with two attached hydrogens (primary N) is 1. The molecule has 0 amide bonds. The molecule has 3 N–H and O–H groups in total. The summed E-state index contributed by atoms with van der Waals surface area (Å²) >= 11 is 0. The summed E-state index contributed by atoms with van der Waals surface area (Å²) < 4.78 is 33.2. The van der Waals surface area contributed by atoms with E-state index in [9.17, 15) is 19.0 Å². The second-order valence-corrected chi connectivity index (χ2v) is 24.8. The van der Waals surface area contributed by atoms with Crippen LogP contribution in [-0.2, 0) is 32.7 Å². The van der Waals surface area contributed by atoms with Crippen molar-refractivity contribution < 1.29 is 37.6 Å². The summed E-state index contributed by atoms with van der Waals surface area (Å²) in [7, 11) is -4.40. The number of unbranched alkanes of at least 4 members (excludes halogenated alkanes) is 35. The molecule has 0 aliphatic rings. The minimum atomic E-state index is -4.40. The number of hydrogen-bond acceptors (Lipinski definition) is 8. The second kappa shape index (κ2) is 69.8. The maximum absolute atomic E-state index is 12.8. The van der Waals surface area contributed by atoms with Gasteiger partial charge < -0.3 is 20.1 Å². The summed E-state index contributed by atoms with van der Waals surface area (Å²) in [5, 5.41) is 0. The standard InChI is InChI=1S/C75H132NO8P/c1-3-5-7-9-11-13-15-17-19-21-23-25-27-29-31-33-35-36-38-40-42-44-46-48-50-52-54-56-58-60-62-64-66-68-75(78)84-73(72-83-85(79,80)82-70-69-76)71-81-74(77)67-65-63-61-59-57-55-53-51-49-47-45-43-41-39-37-34-32-30-28-26-24-22-20-18-16-14-12-10-8-6-4-2/h5-8,11-14,17-20,23-26,29,31,73H,3-4,9-10,15-16,21-22,27-28,30,32-72,76H2,1-2H3,(H,79,80)/b7-5-,8-6-,13-11-,14-12-,19-17-,20-18-,25-23-,26-24-,31-29-. The minimum absolute atomic E-state index is 0.0516. The molecular weight excluding hydrogens is 1070 g/mol. The third kappa shape index (κ3) is 69.6. The van der Waals surface area contributed by atoms with Gasteiger partial charge >= 0.3 is 19.8 Å². The Kier molecular flexibility index (Phi) is 67.0. The van der Waals surface area contributed by atoms with E-state index in [-0.39, 0.29) is 38.6 Å². The number of allylic oxidation sites excluding steroid dienone is 18. The molecule has 0 bridgehead atoms. The van der Waals surface area contributed by atoms with E-state index in [1.54, 1.807) is 0 Å². The normalized spacial score (nSPS) is 13.6. The van der Waals surface area contributed by atoms with Crippen molar-refractivity contribution in [3.05, 3.63) is 109 Å². The average Bonchev–Trinajstić information content (AvgIpc) is 3.52. The van der Waals surface area contributed by atoms with Gasteiger partial charge in [0.25, 0.3) is 0 Å². The summed E-state index contributed by atoms with van der Waals surface area (Å²) in [6, 6.07) is 0. The number of hydrogen-bond donors (Lipinski definition) is 2. The molecule has 2 atom stereocenters. The Morgan fingerprint density at radius 3 is 0.906 bits per heavy atom. The van der Waals surface area contributed by atoms with E-state index in [1.165, 1.54) is 193 Å². The fourth-order valence-corrected chi connectivity index (χ4v) is 10.8. The molecular formula is C75H132NO8P. The molecule has 0 saturated carbocycles. The van der Waals surface area contributed by atoms with Crippen molar-refractivity contribution in [3.8, 4) is 0 Å². The highest BCUT2D eigenvalue weighted by atomic mass is 31.2. The number of phosphoric ester groups is 1. The topological polar surface area (TPSA) is 134 Å². The van der Waals surface area contributed by atoms with Crippen LogP contribution in [0.2, 0.25) is 0 Å². The van der Waals surface area contributed by atoms with E-state index in [0.29, 0.717) is 6.42 Å². The lowest BCUT2D eigenvalue weighted by Gasteiger charge is -2.19. The van der Waals surface area contributed by atoms with Crippen molar-refractivity contribution in [1.82, 2.24) is 0 Å². The molecule has 490 valence electrons. The number of phosphoric acid groups is 1. The van der Waals surface area contributed by atoms with Crippen LogP contribution < -0.4 is 5.73 Å². The van der Waals surface area contributed by atoms with Crippen LogP contribution in [0.1, 0.15) is 322 Å². The minimum Gasteiger partial charge on any atom is -0.462 e. The third-order valence-corrected chi connectivity index (χ3v) is 16.1. The van der Waals surface area contributed by atoms with Gasteiger partial charge in [-0.25, -0.2) is 4.57 Å². The van der Waals surface area contributed by atoms with Gasteiger partial charge in [0.2, 0.25) is 0 Å². The van der Waals surface area contributed by atoms with Crippen LogP contribution in [0, 0.1) is 0 Å². The van der Waals surface area contributed by atoms with Gasteiger partial charge in [-0.3, -0.25) is 18.6 Å². The Morgan fingerprint density at radius 2 is 0.612 bits per heavy atom. The maximum atomic E-state index is 12.8. The second-order valence-electron chi connectivity index (χ2n) is 23.3. The summed E-state index contributed by atoms with van der Waals surface area (Å²) in [6.45, 7) is 3.56. The first-order valence-corrected chi connectivity index (χ1v) is 36.9. The van der Waals surface area contributed by atoms with Gasteiger partial charge in [0.1, 0.15) is 6.61 Å². The Balaban J connectivity index is 3.85. The number of carbonyl (C=O) groups is 2. The predicted octanol–water partition coefficient (Wildman–Crippen LogP) is 23.3. The van der Waals surface area contributed by atoms with Gasteiger partial charge in [-0.05, 0) is 96.3 Å². The number of rotatable bonds is 66. The quantitative estimate of drug-likeness (QED) is 0.0264. The lowest BCUT2D eigenvalue weighted by Crippen LogP contribution is -2.29. The highest BCUT2D eigenvalue weighted by Gasteiger charge is 2.26. The molecule has 0 aliphatic heterocycles. The maximum Gasteiger partial charge on any atom is 0.472 e. The Labute approximate surface area is 524 Å². The van der Waals surface area contributed by atoms with Crippen LogP contribution in [-0.4, -0.2) is 49.3 Å². The van der Waals surface area contributed by atoms with E-state index < -0.39 is 26.5 Å². The highest BCUT2D eigenvalue weighted by molar-refractivity contribution is 7.47. The fourth-order valence-electron chi connectivity index (χ4n) is 10.0. The average molecular weight is 1210 g/mol. The van der Waals surface area contributed by atoms with Crippen molar-refractivity contribution in [2.24, 2.45) is 5.73 Å². The molecule has 0 aromatic carbocycles. The molecule has 2 unspecified atom stereocenters. The number of esters is 2. The smallest absolute Gasteiger partial charge is 0.462 e. The Hall–Kier alpha value is -3.33. The van der Waals surface area contributed by atoms with Crippen LogP contribution in [0.3, 0.4) is 0 Å². The van der Waals surface area contributed by atoms with E-state index in [0.717, 1.165) is 96.3 Å². The highest BCUT2D eigenvalue weighted by Crippen LogP contribution is 2.43. The lowest BCUT2D eigenvalue weighted by atomic mass is 10.0. The number of ether oxygens (including phenoxy) is 2. The van der Waals surface area contributed by atoms with Gasteiger partial charge in [0.05, 0.1) is 13.2 Å². The van der Waals surface area contributed by atoms with Gasteiger partial charge in [-0.2, -0.15) is 0 Å². The molecule has 0 saturated heterocycles. The summed E-state index contributed by atoms with van der Waals surface area (Å²) in [6.07, 6.45) is 96.1. The summed E-state index contributed by atoms with van der Waals surface area (Å²) in [4.78, 5) is 35.4. The molecule has 0 spiro atoms. The lowest BCUT2D eigenvalue weighted by molar-refractivity contribution is -0.161. The molecule has 0 radical (unpaired) electrons. The van der Waals surface area contributed by atoms with Crippen molar-refractivity contribution in [3.63, 3.8) is 0 Å². The van der Waals surface area contributed by atoms with Crippen molar-refractivity contribution in [2.45, 2.75) is 328 Å². The van der Waals surface area contributed by atoms with E-state index in [2.05, 4.69) is 123 Å². The van der Waals surface area contributed by atoms with Crippen molar-refractivity contribution >= 4 is 19.8 Å². The summed E-state index contributed by atoms with van der Waals surface area (Å²) in [5.74, 6) is -0.817. The summed E-state index contributed by atoms with van der Waals surface area (Å²) in [5.41, 5.74) is 5.41. The zero-order chi connectivity index (χ0) is 61.6. The Morgan fingerprint density at radius 1 is 0.353 bits per heavy atom. The zero-order valence-electron chi connectivity index (χ0n) is 55.1. The molecule has 0 aliphatic carbocycles. The largest absolute Gasteiger partial charge is 0.472 e. The first-order chi connectivity index (χ1) is 41.8. The molecule has 10 heteroatoms. The fraction of sp³-hybridized carbons (Fsp3) is 0.733. The predicted molar refractivity (Wildman–Crippen MR) is 367 cm³/mol. The molecule has 0 heterocycles. The molecule has 0 aromatic heterocycles. The van der Waals surface area contributed by atoms with Crippen LogP contribution >= 0.6 is 7.82 Å². The Bertz CT molecular complexity index is 1760. The van der Waals surface area contributed by atoms with Gasteiger partial charge in [0.15, 0.2) is 6.10 Å². The van der Waals surface area contributed by atoms with E-state index in [1.807, 2.05) is 0 Å². The van der Waals surface area contributed by atoms with Gasteiger partial charge in [-0.1, -0.05) is 322 Å². The van der Waals surface area contributed by atoms with Crippen LogP contribution in [0.4, 0.5) is 0 Å². The SMILES string of the molecule is CC/C=C\C/C=C\C/C=C\C/C=C\C/C=C\CCCCCCCCCCCCCCCCCCCC(=O)OC(COC(=O)CCCCCCCCCCCCCCCCCCCC/C=C\C/C=C\C/C=C\C/C=C\CC)COP(=O)(O)OCCN. The van der Waals surface area contributed by atoms with E-state index >= 15 is 0 Å². The molecule has 85 heavy (non-hydrogen) atoms. The van der Waals surface area contributed by atoms with E-state index in [4.69, 9.17) is 24.3 Å². The molecule has 0 fully saturated rings. The zero-order valence-corrected chi connectivity index (χ0v) is 56.0.